The van der Waals surface area contributed by atoms with Gasteiger partial charge in [-0.1, -0.05) is 0 Å². The van der Waals surface area contributed by atoms with Crippen LogP contribution in [0.3, 0.4) is 0 Å². The molecule has 0 N–H and O–H groups in total. The summed E-state index contributed by atoms with van der Waals surface area (Å²) in [4.78, 5) is 15.0. The highest BCUT2D eigenvalue weighted by Crippen LogP contribution is 2.19. The molecule has 0 fully saturated rings. The van der Waals surface area contributed by atoms with E-state index < -0.39 is 0 Å². The average Bonchev–Trinajstić information content (AvgIpc) is 2.99. The lowest BCUT2D eigenvalue weighted by Crippen LogP contribution is -2.18. The van der Waals surface area contributed by atoms with Gasteiger partial charge in [0, 0.05) is 11.4 Å². The summed E-state index contributed by atoms with van der Waals surface area (Å²) in [5.41, 5.74) is 1.79. The molecule has 4 nitrogen and oxygen atoms in total. The van der Waals surface area contributed by atoms with E-state index in [1.165, 1.54) is 23.8 Å². The topological polar surface area (TPSA) is 42.7 Å². The number of hydrogen-bond donors (Lipinski definition) is 0. The van der Waals surface area contributed by atoms with E-state index in [2.05, 4.69) is 23.3 Å². The zero-order valence-corrected chi connectivity index (χ0v) is 12.1. The molecular formula is C14H17NO3S. The Morgan fingerprint density at radius 1 is 1.42 bits per heavy atom. The first-order valence-corrected chi connectivity index (χ1v) is 6.86. The monoisotopic (exact) mass is 279 g/mol. The van der Waals surface area contributed by atoms with Crippen molar-refractivity contribution in [3.05, 3.63) is 45.5 Å². The fourth-order valence-electron chi connectivity index (χ4n) is 1.87. The molecule has 5 heteroatoms. The van der Waals surface area contributed by atoms with Crippen LogP contribution in [0.5, 0.6) is 0 Å². The van der Waals surface area contributed by atoms with Gasteiger partial charge in [-0.05, 0) is 37.0 Å². The molecule has 0 atom stereocenters. The minimum absolute atomic E-state index is 0.357. The smallest absolute Gasteiger partial charge is 0.341 e. The summed E-state index contributed by atoms with van der Waals surface area (Å²) in [7, 11) is 3.38. The molecule has 0 saturated heterocycles. The summed E-state index contributed by atoms with van der Waals surface area (Å²) < 4.78 is 10.1. The molecule has 0 radical (unpaired) electrons. The lowest BCUT2D eigenvalue weighted by atomic mass is 10.2. The van der Waals surface area contributed by atoms with Crippen molar-refractivity contribution < 1.29 is 13.9 Å². The third-order valence-corrected chi connectivity index (χ3v) is 3.95. The van der Waals surface area contributed by atoms with Gasteiger partial charge < -0.3 is 9.15 Å². The number of methoxy groups -OCH3 is 1. The van der Waals surface area contributed by atoms with E-state index in [1.807, 2.05) is 7.05 Å². The minimum atomic E-state index is -0.357. The highest BCUT2D eigenvalue weighted by Gasteiger charge is 2.16. The van der Waals surface area contributed by atoms with Crippen LogP contribution in [0, 0.1) is 6.92 Å². The maximum atomic E-state index is 11.5. The summed E-state index contributed by atoms with van der Waals surface area (Å²) in [5.74, 6) is 0.285. The largest absolute Gasteiger partial charge is 0.467 e. The zero-order chi connectivity index (χ0) is 13.8. The van der Waals surface area contributed by atoms with Crippen LogP contribution in [0.1, 0.15) is 26.6 Å². The van der Waals surface area contributed by atoms with Crippen LogP contribution < -0.4 is 0 Å². The van der Waals surface area contributed by atoms with E-state index in [1.54, 1.807) is 17.4 Å². The molecule has 2 aromatic rings. The van der Waals surface area contributed by atoms with Gasteiger partial charge in [-0.25, -0.2) is 4.79 Å². The molecule has 0 aromatic carbocycles. The van der Waals surface area contributed by atoms with Crippen LogP contribution in [0.4, 0.5) is 0 Å². The number of furan rings is 1. The van der Waals surface area contributed by atoms with Gasteiger partial charge in [-0.15, -0.1) is 11.3 Å². The Hall–Kier alpha value is -1.59. The number of rotatable bonds is 5. The van der Waals surface area contributed by atoms with Crippen LogP contribution in [0.15, 0.2) is 28.2 Å². The van der Waals surface area contributed by atoms with Gasteiger partial charge in [-0.3, -0.25) is 4.90 Å². The van der Waals surface area contributed by atoms with Crippen molar-refractivity contribution in [3.8, 4) is 0 Å². The van der Waals surface area contributed by atoms with Crippen molar-refractivity contribution in [2.75, 3.05) is 14.2 Å². The normalized spacial score (nSPS) is 10.9. The number of esters is 1. The van der Waals surface area contributed by atoms with Crippen molar-refractivity contribution in [3.63, 3.8) is 0 Å². The number of carbonyl (C=O) groups is 1. The predicted molar refractivity (Wildman–Crippen MR) is 74.3 cm³/mol. The predicted octanol–water partition coefficient (Wildman–Crippen LogP) is 3.07. The third kappa shape index (κ3) is 3.24. The fraction of sp³-hybridized carbons (Fsp3) is 0.357. The Morgan fingerprint density at radius 2 is 2.21 bits per heavy atom. The Balaban J connectivity index is 2.03. The van der Waals surface area contributed by atoms with Crippen molar-refractivity contribution in [1.29, 1.82) is 0 Å². The van der Waals surface area contributed by atoms with E-state index in [4.69, 9.17) is 9.15 Å². The van der Waals surface area contributed by atoms with E-state index in [9.17, 15) is 4.79 Å². The van der Waals surface area contributed by atoms with Gasteiger partial charge in [0.1, 0.15) is 11.3 Å². The molecule has 19 heavy (non-hydrogen) atoms. The second kappa shape index (κ2) is 6.04. The van der Waals surface area contributed by atoms with E-state index >= 15 is 0 Å². The Labute approximate surface area is 116 Å². The molecule has 0 saturated carbocycles. The van der Waals surface area contributed by atoms with E-state index in [0.29, 0.717) is 17.9 Å². The fourth-order valence-corrected chi connectivity index (χ4v) is 2.85. The molecule has 0 aliphatic rings. The van der Waals surface area contributed by atoms with Crippen molar-refractivity contribution in [1.82, 2.24) is 4.90 Å². The van der Waals surface area contributed by atoms with Gasteiger partial charge in [0.05, 0.1) is 19.9 Å². The second-order valence-electron chi connectivity index (χ2n) is 4.45. The van der Waals surface area contributed by atoms with Crippen LogP contribution in [-0.2, 0) is 17.8 Å². The number of hydrogen-bond acceptors (Lipinski definition) is 5. The van der Waals surface area contributed by atoms with E-state index in [-0.39, 0.29) is 5.97 Å². The molecule has 0 aliphatic heterocycles. The molecular weight excluding hydrogens is 262 g/mol. The minimum Gasteiger partial charge on any atom is -0.467 e. The average molecular weight is 279 g/mol. The van der Waals surface area contributed by atoms with Crippen molar-refractivity contribution >= 4 is 17.3 Å². The summed E-state index contributed by atoms with van der Waals surface area (Å²) in [6, 6.07) is 3.76. The highest BCUT2D eigenvalue weighted by atomic mass is 32.1. The van der Waals surface area contributed by atoms with Crippen molar-refractivity contribution in [2.45, 2.75) is 20.0 Å². The van der Waals surface area contributed by atoms with Crippen LogP contribution >= 0.6 is 11.3 Å². The lowest BCUT2D eigenvalue weighted by molar-refractivity contribution is 0.0596. The lowest BCUT2D eigenvalue weighted by Gasteiger charge is -2.15. The molecule has 0 bridgehead atoms. The molecule has 2 heterocycles. The number of nitrogens with zero attached hydrogens (tertiary/aromatic N) is 1. The molecule has 2 rings (SSSR count). The molecule has 0 aliphatic carbocycles. The van der Waals surface area contributed by atoms with Crippen LogP contribution in [0.25, 0.3) is 0 Å². The first-order chi connectivity index (χ1) is 9.11. The van der Waals surface area contributed by atoms with Crippen LogP contribution in [-0.4, -0.2) is 25.0 Å². The number of thiophene rings is 1. The zero-order valence-electron chi connectivity index (χ0n) is 11.3. The first-order valence-electron chi connectivity index (χ1n) is 5.98. The first kappa shape index (κ1) is 13.8. The van der Waals surface area contributed by atoms with Gasteiger partial charge >= 0.3 is 5.97 Å². The van der Waals surface area contributed by atoms with E-state index in [0.717, 1.165) is 6.54 Å². The van der Waals surface area contributed by atoms with Crippen molar-refractivity contribution in [2.24, 2.45) is 0 Å². The van der Waals surface area contributed by atoms with Gasteiger partial charge in [0.25, 0.3) is 0 Å². The molecule has 2 aromatic heterocycles. The number of carbonyl (C=O) groups excluding carboxylic acids is 1. The summed E-state index contributed by atoms with van der Waals surface area (Å²) in [6.07, 6.45) is 1.52. The van der Waals surface area contributed by atoms with Gasteiger partial charge in [0.2, 0.25) is 0 Å². The molecule has 0 unspecified atom stereocenters. The van der Waals surface area contributed by atoms with Crippen LogP contribution in [0.2, 0.25) is 0 Å². The Kier molecular flexibility index (Phi) is 4.39. The number of aryl methyl sites for hydroxylation is 1. The Morgan fingerprint density at radius 3 is 2.84 bits per heavy atom. The van der Waals surface area contributed by atoms with Gasteiger partial charge in [-0.2, -0.15) is 0 Å². The second-order valence-corrected chi connectivity index (χ2v) is 5.45. The Bertz CT molecular complexity index is 559. The molecule has 0 spiro atoms. The molecule has 0 amide bonds. The molecule has 102 valence electrons. The summed E-state index contributed by atoms with van der Waals surface area (Å²) >= 11 is 1.74. The standard InChI is InChI=1S/C14H17NO3S/c1-10-5-7-19-13(10)9-15(2)8-12-11(4-6-18-12)14(16)17-3/h4-7H,8-9H2,1-3H3. The SMILES string of the molecule is COC(=O)c1ccoc1CN(C)Cc1sccc1C. The highest BCUT2D eigenvalue weighted by molar-refractivity contribution is 7.10. The quantitative estimate of drug-likeness (QED) is 0.789. The maximum Gasteiger partial charge on any atom is 0.341 e. The van der Waals surface area contributed by atoms with Gasteiger partial charge in [0.15, 0.2) is 0 Å². The maximum absolute atomic E-state index is 11.5. The summed E-state index contributed by atoms with van der Waals surface area (Å²) in [6.45, 7) is 3.52. The number of ether oxygens (including phenoxy) is 1. The summed E-state index contributed by atoms with van der Waals surface area (Å²) in [5, 5.41) is 2.09. The third-order valence-electron chi connectivity index (χ3n) is 2.95.